The smallest absolute Gasteiger partial charge is 0.336 e. The molecule has 1 aromatic carbocycles. The van der Waals surface area contributed by atoms with Crippen molar-refractivity contribution in [3.05, 3.63) is 70.3 Å². The predicted octanol–water partition coefficient (Wildman–Crippen LogP) is 3.61. The molecule has 2 aromatic heterocycles. The van der Waals surface area contributed by atoms with Crippen molar-refractivity contribution in [2.45, 2.75) is 45.8 Å². The number of hydrogen-bond donors (Lipinski definition) is 1. The highest BCUT2D eigenvalue weighted by Crippen LogP contribution is 2.24. The molecule has 0 aliphatic rings. The first kappa shape index (κ1) is 19.6. The number of unbranched alkanes of at least 4 members (excludes halogenated alkanes) is 1. The van der Waals surface area contributed by atoms with E-state index in [1.54, 1.807) is 37.5 Å². The summed E-state index contributed by atoms with van der Waals surface area (Å²) in [5, 5.41) is 3.72. The van der Waals surface area contributed by atoms with Crippen molar-refractivity contribution >= 4 is 16.9 Å². The third-order valence-electron chi connectivity index (χ3n) is 4.47. The van der Waals surface area contributed by atoms with Gasteiger partial charge >= 0.3 is 5.63 Å². The molecule has 6 nitrogen and oxygen atoms in total. The van der Waals surface area contributed by atoms with Gasteiger partial charge in [-0.05, 0) is 49.1 Å². The number of nitrogens with zero attached hydrogens (tertiary/aromatic N) is 1. The molecule has 0 saturated heterocycles. The van der Waals surface area contributed by atoms with Crippen LogP contribution in [0.15, 0.2) is 58.0 Å². The Morgan fingerprint density at radius 3 is 2.89 bits per heavy atom. The second kappa shape index (κ2) is 9.17. The summed E-state index contributed by atoms with van der Waals surface area (Å²) >= 11 is 0. The summed E-state index contributed by atoms with van der Waals surface area (Å²) < 4.78 is 11.1. The zero-order valence-corrected chi connectivity index (χ0v) is 16.1. The standard InChI is InChI=1S/C22H24N2O4/c1-3-4-7-17-11-21(25)28-20-12-18(8-9-19(17)20)27-15(2)22(26)24-14-16-6-5-10-23-13-16/h5-6,8-13,15H,3-4,7,14H2,1-2H3,(H,24,26)/t15-/m1/s1. The molecule has 0 radical (unpaired) electrons. The number of benzene rings is 1. The van der Waals surface area contributed by atoms with Crippen molar-refractivity contribution in [3.8, 4) is 5.75 Å². The first-order chi connectivity index (χ1) is 13.6. The van der Waals surface area contributed by atoms with Crippen LogP contribution in [0.2, 0.25) is 0 Å². The molecular formula is C22H24N2O4. The van der Waals surface area contributed by atoms with Gasteiger partial charge in [-0.1, -0.05) is 19.4 Å². The van der Waals surface area contributed by atoms with Crippen LogP contribution in [0.3, 0.4) is 0 Å². The zero-order valence-electron chi connectivity index (χ0n) is 16.1. The highest BCUT2D eigenvalue weighted by atomic mass is 16.5. The Morgan fingerprint density at radius 2 is 2.14 bits per heavy atom. The molecule has 2 heterocycles. The summed E-state index contributed by atoms with van der Waals surface area (Å²) in [7, 11) is 0. The number of pyridine rings is 1. The molecule has 0 aliphatic carbocycles. The van der Waals surface area contributed by atoms with Crippen molar-refractivity contribution < 1.29 is 13.9 Å². The second-order valence-corrected chi connectivity index (χ2v) is 6.69. The lowest BCUT2D eigenvalue weighted by Gasteiger charge is -2.15. The molecular weight excluding hydrogens is 356 g/mol. The highest BCUT2D eigenvalue weighted by molar-refractivity contribution is 5.83. The molecule has 0 aliphatic heterocycles. The van der Waals surface area contributed by atoms with E-state index in [-0.39, 0.29) is 11.5 Å². The molecule has 28 heavy (non-hydrogen) atoms. The number of aryl methyl sites for hydroxylation is 1. The van der Waals surface area contributed by atoms with Crippen LogP contribution in [0.4, 0.5) is 0 Å². The Morgan fingerprint density at radius 1 is 1.29 bits per heavy atom. The molecule has 0 unspecified atom stereocenters. The molecule has 1 amide bonds. The van der Waals surface area contributed by atoms with Gasteiger partial charge in [0.05, 0.1) is 0 Å². The van der Waals surface area contributed by atoms with Gasteiger partial charge in [0.2, 0.25) is 0 Å². The summed E-state index contributed by atoms with van der Waals surface area (Å²) in [6.45, 7) is 4.17. The van der Waals surface area contributed by atoms with E-state index in [9.17, 15) is 9.59 Å². The minimum Gasteiger partial charge on any atom is -0.481 e. The number of rotatable bonds is 8. The minimum atomic E-state index is -0.691. The van der Waals surface area contributed by atoms with E-state index in [0.717, 1.165) is 35.8 Å². The summed E-state index contributed by atoms with van der Waals surface area (Å²) in [6.07, 6.45) is 5.57. The average molecular weight is 380 g/mol. The topological polar surface area (TPSA) is 81.4 Å². The summed E-state index contributed by atoms with van der Waals surface area (Å²) in [5.41, 5.74) is 1.98. The largest absolute Gasteiger partial charge is 0.481 e. The lowest BCUT2D eigenvalue weighted by atomic mass is 10.0. The molecule has 1 N–H and O–H groups in total. The summed E-state index contributed by atoms with van der Waals surface area (Å²) in [5.74, 6) is 0.245. The van der Waals surface area contributed by atoms with Gasteiger partial charge in [-0.2, -0.15) is 0 Å². The van der Waals surface area contributed by atoms with E-state index in [1.807, 2.05) is 18.2 Å². The van der Waals surface area contributed by atoms with Crippen molar-refractivity contribution in [1.29, 1.82) is 0 Å². The maximum Gasteiger partial charge on any atom is 0.336 e. The second-order valence-electron chi connectivity index (χ2n) is 6.69. The Labute approximate surface area is 163 Å². The van der Waals surface area contributed by atoms with Gasteiger partial charge in [-0.3, -0.25) is 9.78 Å². The molecule has 0 fully saturated rings. The molecule has 1 atom stereocenters. The highest BCUT2D eigenvalue weighted by Gasteiger charge is 2.15. The maximum absolute atomic E-state index is 12.3. The van der Waals surface area contributed by atoms with Gasteiger partial charge in [0.25, 0.3) is 5.91 Å². The third-order valence-corrected chi connectivity index (χ3v) is 4.47. The van der Waals surface area contributed by atoms with Crippen molar-refractivity contribution in [2.75, 3.05) is 0 Å². The van der Waals surface area contributed by atoms with Gasteiger partial charge < -0.3 is 14.5 Å². The predicted molar refractivity (Wildman–Crippen MR) is 107 cm³/mol. The Hall–Kier alpha value is -3.15. The molecule has 6 heteroatoms. The van der Waals surface area contributed by atoms with Crippen LogP contribution in [0, 0.1) is 0 Å². The van der Waals surface area contributed by atoms with Crippen LogP contribution in [-0.2, 0) is 17.8 Å². The molecule has 0 saturated carbocycles. The Kier molecular flexibility index (Phi) is 6.42. The van der Waals surface area contributed by atoms with Crippen molar-refractivity contribution in [2.24, 2.45) is 0 Å². The first-order valence-electron chi connectivity index (χ1n) is 9.47. The lowest BCUT2D eigenvalue weighted by molar-refractivity contribution is -0.127. The Bertz CT molecular complexity index is 998. The first-order valence-corrected chi connectivity index (χ1v) is 9.47. The molecule has 3 aromatic rings. The molecule has 0 bridgehead atoms. The zero-order chi connectivity index (χ0) is 19.9. The number of carbonyl (C=O) groups is 1. The monoisotopic (exact) mass is 380 g/mol. The fraction of sp³-hybridized carbons (Fsp3) is 0.318. The lowest BCUT2D eigenvalue weighted by Crippen LogP contribution is -2.35. The number of aromatic nitrogens is 1. The van der Waals surface area contributed by atoms with Gasteiger partial charge in [-0.25, -0.2) is 4.79 Å². The van der Waals surface area contributed by atoms with Crippen LogP contribution in [-0.4, -0.2) is 17.0 Å². The fourth-order valence-corrected chi connectivity index (χ4v) is 2.95. The van der Waals surface area contributed by atoms with E-state index < -0.39 is 6.10 Å². The Balaban J connectivity index is 1.69. The van der Waals surface area contributed by atoms with Gasteiger partial charge in [0.15, 0.2) is 6.10 Å². The van der Waals surface area contributed by atoms with E-state index in [4.69, 9.17) is 9.15 Å². The normalized spacial score (nSPS) is 11.9. The number of hydrogen-bond acceptors (Lipinski definition) is 5. The van der Waals surface area contributed by atoms with Crippen molar-refractivity contribution in [3.63, 3.8) is 0 Å². The van der Waals surface area contributed by atoms with Crippen LogP contribution in [0.1, 0.15) is 37.8 Å². The van der Waals surface area contributed by atoms with E-state index in [2.05, 4.69) is 17.2 Å². The molecule has 146 valence electrons. The number of ether oxygens (including phenoxy) is 1. The van der Waals surface area contributed by atoms with Crippen LogP contribution >= 0.6 is 0 Å². The third kappa shape index (κ3) is 4.97. The SMILES string of the molecule is CCCCc1cc(=O)oc2cc(O[C@H](C)C(=O)NCc3cccnc3)ccc12. The quantitative estimate of drug-likeness (QED) is 0.604. The van der Waals surface area contributed by atoms with Crippen LogP contribution in [0.25, 0.3) is 11.0 Å². The number of fused-ring (bicyclic) bond motifs is 1. The van der Waals surface area contributed by atoms with Crippen LogP contribution < -0.4 is 15.7 Å². The number of carbonyl (C=O) groups excluding carboxylic acids is 1. The van der Waals surface area contributed by atoms with Gasteiger partial charge in [0.1, 0.15) is 11.3 Å². The molecule has 0 spiro atoms. The van der Waals surface area contributed by atoms with Crippen molar-refractivity contribution in [1.82, 2.24) is 10.3 Å². The number of nitrogens with one attached hydrogen (secondary N) is 1. The summed E-state index contributed by atoms with van der Waals surface area (Å²) in [4.78, 5) is 28.2. The average Bonchev–Trinajstić information content (AvgIpc) is 2.70. The fourth-order valence-electron chi connectivity index (χ4n) is 2.95. The van der Waals surface area contributed by atoms with E-state index in [1.165, 1.54) is 0 Å². The molecule has 3 rings (SSSR count). The minimum absolute atomic E-state index is 0.234. The number of amides is 1. The van der Waals surface area contributed by atoms with Crippen LogP contribution in [0.5, 0.6) is 5.75 Å². The van der Waals surface area contributed by atoms with E-state index in [0.29, 0.717) is 17.9 Å². The maximum atomic E-state index is 12.3. The van der Waals surface area contributed by atoms with Gasteiger partial charge in [-0.15, -0.1) is 0 Å². The van der Waals surface area contributed by atoms with Gasteiger partial charge in [0, 0.05) is 36.5 Å². The summed E-state index contributed by atoms with van der Waals surface area (Å²) in [6, 6.07) is 10.6. The van der Waals surface area contributed by atoms with E-state index >= 15 is 0 Å².